The first kappa shape index (κ1) is 17.2. The van der Waals surface area contributed by atoms with E-state index in [9.17, 15) is 9.59 Å². The van der Waals surface area contributed by atoms with Crippen molar-refractivity contribution in [1.29, 1.82) is 0 Å². The molecule has 0 atom stereocenters. The molecule has 0 spiro atoms. The molecule has 2 aromatic heterocycles. The predicted molar refractivity (Wildman–Crippen MR) is 99.0 cm³/mol. The Morgan fingerprint density at radius 1 is 1.36 bits per heavy atom. The summed E-state index contributed by atoms with van der Waals surface area (Å²) in [6.45, 7) is 3.79. The Morgan fingerprint density at radius 2 is 2.16 bits per heavy atom. The van der Waals surface area contributed by atoms with Gasteiger partial charge in [0.2, 0.25) is 5.91 Å². The number of H-pyrrole nitrogens is 1. The number of thioether (sulfide) groups is 1. The normalized spacial score (nSPS) is 11.0. The zero-order valence-electron chi connectivity index (χ0n) is 14.3. The zero-order valence-corrected chi connectivity index (χ0v) is 15.1. The van der Waals surface area contributed by atoms with E-state index in [0.717, 1.165) is 12.1 Å². The molecule has 1 aromatic carbocycles. The number of aromatic amines is 1. The van der Waals surface area contributed by atoms with Gasteiger partial charge in [0, 0.05) is 12.7 Å². The lowest BCUT2D eigenvalue weighted by Gasteiger charge is -2.06. The second-order valence-electron chi connectivity index (χ2n) is 5.67. The van der Waals surface area contributed by atoms with E-state index in [1.54, 1.807) is 18.5 Å². The number of imidazole rings is 1. The number of nitrogens with one attached hydrogen (secondary N) is 2. The summed E-state index contributed by atoms with van der Waals surface area (Å²) in [4.78, 5) is 35.4. The molecule has 0 aliphatic rings. The molecular weight excluding hydrogens is 338 g/mol. The van der Waals surface area contributed by atoms with Crippen molar-refractivity contribution in [2.45, 2.75) is 25.4 Å². The van der Waals surface area contributed by atoms with Crippen molar-refractivity contribution in [2.24, 2.45) is 7.05 Å². The van der Waals surface area contributed by atoms with Crippen LogP contribution >= 0.6 is 11.8 Å². The third-order valence-corrected chi connectivity index (χ3v) is 4.79. The molecular formula is C17H19N5O2S. The van der Waals surface area contributed by atoms with E-state index in [2.05, 4.69) is 27.2 Å². The minimum atomic E-state index is -0.272. The lowest BCUT2D eigenvalue weighted by Crippen LogP contribution is -2.14. The molecule has 1 amide bonds. The fraction of sp³-hybridized carbons (Fsp3) is 0.294. The number of amides is 1. The molecule has 0 unspecified atom stereocenters. The number of nitrogens with zero attached hydrogens (tertiary/aromatic N) is 3. The molecule has 0 radical (unpaired) electrons. The van der Waals surface area contributed by atoms with E-state index in [-0.39, 0.29) is 22.7 Å². The molecule has 7 nitrogen and oxygen atoms in total. The van der Waals surface area contributed by atoms with Crippen molar-refractivity contribution in [3.05, 3.63) is 46.0 Å². The molecule has 130 valence electrons. The molecule has 0 fully saturated rings. The molecule has 0 aliphatic heterocycles. The van der Waals surface area contributed by atoms with Gasteiger partial charge in [-0.15, -0.1) is 0 Å². The zero-order chi connectivity index (χ0) is 18.0. The quantitative estimate of drug-likeness (QED) is 0.683. The van der Waals surface area contributed by atoms with Gasteiger partial charge in [0.25, 0.3) is 5.56 Å². The van der Waals surface area contributed by atoms with Crippen LogP contribution in [0.2, 0.25) is 0 Å². The largest absolute Gasteiger partial charge is 0.325 e. The van der Waals surface area contributed by atoms with Crippen LogP contribution in [-0.4, -0.2) is 31.2 Å². The SMILES string of the molecule is CCc1cccc(NC(=O)CSc2nc3c(=O)[nH]c(C)nc3n2C)c1. The highest BCUT2D eigenvalue weighted by molar-refractivity contribution is 7.99. The number of rotatable bonds is 5. The average Bonchev–Trinajstić information content (AvgIpc) is 2.90. The minimum Gasteiger partial charge on any atom is -0.325 e. The fourth-order valence-electron chi connectivity index (χ4n) is 2.49. The molecule has 0 bridgehead atoms. The summed E-state index contributed by atoms with van der Waals surface area (Å²) in [6, 6.07) is 7.77. The Bertz CT molecular complexity index is 992. The first-order chi connectivity index (χ1) is 12.0. The van der Waals surface area contributed by atoms with Crippen LogP contribution in [0.4, 0.5) is 5.69 Å². The topological polar surface area (TPSA) is 92.7 Å². The molecule has 3 rings (SSSR count). The van der Waals surface area contributed by atoms with E-state index in [1.165, 1.54) is 17.3 Å². The summed E-state index contributed by atoms with van der Waals surface area (Å²) in [5.74, 6) is 0.610. The monoisotopic (exact) mass is 357 g/mol. The first-order valence-corrected chi connectivity index (χ1v) is 8.91. The third-order valence-electron chi connectivity index (χ3n) is 3.76. The smallest absolute Gasteiger partial charge is 0.279 e. The number of hydrogen-bond donors (Lipinski definition) is 2. The molecule has 3 aromatic rings. The highest BCUT2D eigenvalue weighted by Gasteiger charge is 2.14. The fourth-order valence-corrected chi connectivity index (χ4v) is 3.25. The summed E-state index contributed by atoms with van der Waals surface area (Å²) in [6.07, 6.45) is 0.916. The van der Waals surface area contributed by atoms with Crippen LogP contribution in [0.25, 0.3) is 11.2 Å². The first-order valence-electron chi connectivity index (χ1n) is 7.93. The summed E-state index contributed by atoms with van der Waals surface area (Å²) < 4.78 is 1.73. The summed E-state index contributed by atoms with van der Waals surface area (Å²) in [5.41, 5.74) is 2.47. The van der Waals surface area contributed by atoms with Crippen LogP contribution in [0.3, 0.4) is 0 Å². The third kappa shape index (κ3) is 3.74. The second kappa shape index (κ2) is 7.10. The number of carbonyl (C=O) groups is 1. The van der Waals surface area contributed by atoms with Gasteiger partial charge in [-0.3, -0.25) is 9.59 Å². The summed E-state index contributed by atoms with van der Waals surface area (Å²) >= 11 is 1.27. The van der Waals surface area contributed by atoms with Crippen molar-refractivity contribution in [2.75, 3.05) is 11.1 Å². The van der Waals surface area contributed by atoms with Crippen molar-refractivity contribution in [3.8, 4) is 0 Å². The number of benzene rings is 1. The van der Waals surface area contributed by atoms with Gasteiger partial charge < -0.3 is 14.9 Å². The van der Waals surface area contributed by atoms with Crippen molar-refractivity contribution in [1.82, 2.24) is 19.5 Å². The van der Waals surface area contributed by atoms with Crippen LogP contribution < -0.4 is 10.9 Å². The van der Waals surface area contributed by atoms with Crippen LogP contribution in [0.15, 0.2) is 34.2 Å². The number of anilines is 1. The number of aryl methyl sites for hydroxylation is 3. The second-order valence-corrected chi connectivity index (χ2v) is 6.61. The Balaban J connectivity index is 1.72. The number of fused-ring (bicyclic) bond motifs is 1. The van der Waals surface area contributed by atoms with Crippen LogP contribution in [0.5, 0.6) is 0 Å². The van der Waals surface area contributed by atoms with E-state index in [4.69, 9.17) is 0 Å². The molecule has 0 saturated carbocycles. The Kier molecular flexibility index (Phi) is 4.89. The van der Waals surface area contributed by atoms with Crippen molar-refractivity contribution < 1.29 is 4.79 Å². The van der Waals surface area contributed by atoms with E-state index in [0.29, 0.717) is 16.6 Å². The molecule has 2 heterocycles. The van der Waals surface area contributed by atoms with Gasteiger partial charge in [-0.1, -0.05) is 30.8 Å². The maximum absolute atomic E-state index is 12.2. The number of hydrogen-bond acceptors (Lipinski definition) is 5. The van der Waals surface area contributed by atoms with E-state index in [1.807, 2.05) is 24.3 Å². The van der Waals surface area contributed by atoms with Crippen molar-refractivity contribution in [3.63, 3.8) is 0 Å². The predicted octanol–water partition coefficient (Wildman–Crippen LogP) is 2.26. The highest BCUT2D eigenvalue weighted by Crippen LogP contribution is 2.20. The van der Waals surface area contributed by atoms with Gasteiger partial charge in [-0.05, 0) is 31.0 Å². The van der Waals surface area contributed by atoms with Crippen LogP contribution in [0.1, 0.15) is 18.3 Å². The van der Waals surface area contributed by atoms with E-state index < -0.39 is 0 Å². The maximum Gasteiger partial charge on any atom is 0.279 e. The molecule has 25 heavy (non-hydrogen) atoms. The number of aromatic nitrogens is 4. The molecule has 0 aliphatic carbocycles. The lowest BCUT2D eigenvalue weighted by molar-refractivity contribution is -0.113. The average molecular weight is 357 g/mol. The Morgan fingerprint density at radius 3 is 2.92 bits per heavy atom. The van der Waals surface area contributed by atoms with Gasteiger partial charge in [0.05, 0.1) is 5.75 Å². The van der Waals surface area contributed by atoms with Gasteiger partial charge in [-0.25, -0.2) is 9.97 Å². The van der Waals surface area contributed by atoms with E-state index >= 15 is 0 Å². The van der Waals surface area contributed by atoms with Gasteiger partial charge in [0.1, 0.15) is 5.82 Å². The maximum atomic E-state index is 12.2. The van der Waals surface area contributed by atoms with Gasteiger partial charge in [-0.2, -0.15) is 0 Å². The Labute approximate surface area is 148 Å². The van der Waals surface area contributed by atoms with Crippen LogP contribution in [-0.2, 0) is 18.3 Å². The molecule has 8 heteroatoms. The molecule has 0 saturated heterocycles. The highest BCUT2D eigenvalue weighted by atomic mass is 32.2. The minimum absolute atomic E-state index is 0.122. The number of carbonyl (C=O) groups excluding carboxylic acids is 1. The summed E-state index contributed by atoms with van der Waals surface area (Å²) in [7, 11) is 1.78. The van der Waals surface area contributed by atoms with Gasteiger partial charge in [0.15, 0.2) is 16.3 Å². The summed E-state index contributed by atoms with van der Waals surface area (Å²) in [5, 5.41) is 3.46. The van der Waals surface area contributed by atoms with Crippen LogP contribution in [0, 0.1) is 6.92 Å². The standard InChI is InChI=1S/C17H19N5O2S/c1-4-11-6-5-7-12(8-11)20-13(23)9-25-17-21-14-15(22(17)3)18-10(2)19-16(14)24/h5-8H,4,9H2,1-3H3,(H,20,23)(H,18,19,24). The Hall–Kier alpha value is -2.61. The van der Waals surface area contributed by atoms with Crippen molar-refractivity contribution >= 4 is 34.5 Å². The lowest BCUT2D eigenvalue weighted by atomic mass is 10.1. The van der Waals surface area contributed by atoms with Gasteiger partial charge >= 0.3 is 0 Å². The molecule has 2 N–H and O–H groups in total.